The Kier molecular flexibility index (Phi) is 6.60. The van der Waals surface area contributed by atoms with E-state index >= 15 is 0 Å². The molecule has 4 nitrogen and oxygen atoms in total. The van der Waals surface area contributed by atoms with Crippen LogP contribution in [0.5, 0.6) is 0 Å². The van der Waals surface area contributed by atoms with E-state index in [1.807, 2.05) is 0 Å². The lowest BCUT2D eigenvalue weighted by molar-refractivity contribution is -0.118. The molecular formula is C11H22IN3O. The summed E-state index contributed by atoms with van der Waals surface area (Å²) in [7, 11) is 2.08. The van der Waals surface area contributed by atoms with Gasteiger partial charge in [0.2, 0.25) is 5.91 Å². The first kappa shape index (κ1) is 14.2. The van der Waals surface area contributed by atoms with Crippen LogP contribution in [0, 0.1) is 5.92 Å². The summed E-state index contributed by atoms with van der Waals surface area (Å²) in [4.78, 5) is 12.9. The molecule has 94 valence electrons. The van der Waals surface area contributed by atoms with E-state index in [4.69, 9.17) is 5.73 Å². The molecule has 0 aliphatic heterocycles. The number of carbonyl (C=O) groups is 1. The fourth-order valence-electron chi connectivity index (χ4n) is 2.29. The van der Waals surface area contributed by atoms with Crippen LogP contribution in [0.25, 0.3) is 0 Å². The van der Waals surface area contributed by atoms with Gasteiger partial charge in [0.05, 0.1) is 0 Å². The monoisotopic (exact) mass is 339 g/mol. The number of nitrogens with two attached hydrogens (primary N) is 1. The van der Waals surface area contributed by atoms with Crippen LogP contribution in [-0.4, -0.2) is 37.0 Å². The Morgan fingerprint density at radius 1 is 1.44 bits per heavy atom. The van der Waals surface area contributed by atoms with Crippen molar-refractivity contribution in [2.45, 2.75) is 38.1 Å². The van der Waals surface area contributed by atoms with Gasteiger partial charge in [0, 0.05) is 48.4 Å². The first-order chi connectivity index (χ1) is 7.61. The first-order valence-electron chi connectivity index (χ1n) is 5.94. The number of amides is 1. The van der Waals surface area contributed by atoms with E-state index in [1.165, 1.54) is 25.7 Å². The van der Waals surface area contributed by atoms with Gasteiger partial charge in [-0.15, -0.1) is 0 Å². The Morgan fingerprint density at radius 3 is 2.56 bits per heavy atom. The average Bonchev–Trinajstić information content (AvgIpc) is 2.27. The van der Waals surface area contributed by atoms with Crippen LogP contribution in [0.3, 0.4) is 0 Å². The van der Waals surface area contributed by atoms with Crippen molar-refractivity contribution < 1.29 is 4.79 Å². The minimum absolute atomic E-state index is 0.204. The van der Waals surface area contributed by atoms with Crippen LogP contribution >= 0.6 is 22.9 Å². The predicted molar refractivity (Wildman–Crippen MR) is 74.2 cm³/mol. The average molecular weight is 339 g/mol. The molecule has 0 saturated heterocycles. The lowest BCUT2D eigenvalue weighted by atomic mass is 9.86. The van der Waals surface area contributed by atoms with Crippen molar-refractivity contribution in [3.63, 3.8) is 0 Å². The Bertz CT molecular complexity index is 217. The van der Waals surface area contributed by atoms with Gasteiger partial charge in [-0.2, -0.15) is 0 Å². The highest BCUT2D eigenvalue weighted by Crippen LogP contribution is 2.25. The van der Waals surface area contributed by atoms with Crippen molar-refractivity contribution in [2.75, 3.05) is 20.1 Å². The van der Waals surface area contributed by atoms with Gasteiger partial charge in [0.15, 0.2) is 0 Å². The van der Waals surface area contributed by atoms with Gasteiger partial charge in [0.1, 0.15) is 0 Å². The molecule has 1 aliphatic carbocycles. The predicted octanol–water partition coefficient (Wildman–Crippen LogP) is 1.29. The van der Waals surface area contributed by atoms with Crippen molar-refractivity contribution in [3.8, 4) is 0 Å². The van der Waals surface area contributed by atoms with Crippen molar-refractivity contribution in [2.24, 2.45) is 11.7 Å². The highest BCUT2D eigenvalue weighted by Gasteiger charge is 2.21. The summed E-state index contributed by atoms with van der Waals surface area (Å²) in [6.45, 7) is 1.89. The summed E-state index contributed by atoms with van der Waals surface area (Å²) in [6, 6.07) is 0.702. The molecule has 5 heteroatoms. The third kappa shape index (κ3) is 5.45. The summed E-state index contributed by atoms with van der Waals surface area (Å²) in [5.41, 5.74) is 5.14. The standard InChI is InChI=1S/C11H22IN3O/c1-15(7-6-11(13)16)8-9-2-4-10(14-12)5-3-9/h9-10,14H,2-8H2,1H3,(H2,13,16). The summed E-state index contributed by atoms with van der Waals surface area (Å²) >= 11 is 2.25. The minimum Gasteiger partial charge on any atom is -0.370 e. The van der Waals surface area contributed by atoms with E-state index in [0.717, 1.165) is 19.0 Å². The van der Waals surface area contributed by atoms with E-state index in [9.17, 15) is 4.79 Å². The molecule has 1 amide bonds. The molecule has 0 aromatic carbocycles. The number of hydrogen-bond acceptors (Lipinski definition) is 3. The van der Waals surface area contributed by atoms with Crippen LogP contribution in [0.15, 0.2) is 0 Å². The zero-order valence-electron chi connectivity index (χ0n) is 9.92. The van der Waals surface area contributed by atoms with Gasteiger partial charge in [-0.1, -0.05) is 0 Å². The number of halogens is 1. The molecule has 0 spiro atoms. The molecule has 1 fully saturated rings. The molecule has 1 saturated carbocycles. The number of hydrogen-bond donors (Lipinski definition) is 2. The lowest BCUT2D eigenvalue weighted by Crippen LogP contribution is -2.34. The Morgan fingerprint density at radius 2 is 2.06 bits per heavy atom. The molecule has 1 aliphatic rings. The third-order valence-electron chi connectivity index (χ3n) is 3.31. The summed E-state index contributed by atoms with van der Waals surface area (Å²) in [5, 5.41) is 0. The number of rotatable bonds is 6. The normalized spacial score (nSPS) is 25.9. The zero-order valence-corrected chi connectivity index (χ0v) is 12.1. The Labute approximate surface area is 112 Å². The largest absolute Gasteiger partial charge is 0.370 e. The quantitative estimate of drug-likeness (QED) is 0.566. The van der Waals surface area contributed by atoms with Crippen molar-refractivity contribution in [3.05, 3.63) is 0 Å². The van der Waals surface area contributed by atoms with E-state index in [1.54, 1.807) is 0 Å². The molecule has 1 rings (SSSR count). The molecule has 0 aromatic rings. The molecule has 0 bridgehead atoms. The molecule has 16 heavy (non-hydrogen) atoms. The lowest BCUT2D eigenvalue weighted by Gasteiger charge is -2.30. The Hall–Kier alpha value is 0.120. The Balaban J connectivity index is 2.15. The van der Waals surface area contributed by atoms with Crippen molar-refractivity contribution in [1.29, 1.82) is 0 Å². The maximum absolute atomic E-state index is 10.7. The van der Waals surface area contributed by atoms with E-state index in [2.05, 4.69) is 38.3 Å². The van der Waals surface area contributed by atoms with Crippen LogP contribution in [0.4, 0.5) is 0 Å². The maximum Gasteiger partial charge on any atom is 0.218 e. The second-order valence-corrected chi connectivity index (χ2v) is 5.43. The van der Waals surface area contributed by atoms with Crippen LogP contribution in [0.2, 0.25) is 0 Å². The molecular weight excluding hydrogens is 317 g/mol. The third-order valence-corrected chi connectivity index (χ3v) is 4.19. The van der Waals surface area contributed by atoms with Gasteiger partial charge in [0.25, 0.3) is 0 Å². The van der Waals surface area contributed by atoms with Crippen LogP contribution in [0.1, 0.15) is 32.1 Å². The SMILES string of the molecule is CN(CCC(N)=O)CC1CCC(NI)CC1. The molecule has 0 aromatic heterocycles. The summed E-state index contributed by atoms with van der Waals surface area (Å²) < 4.78 is 3.31. The number of primary amides is 1. The smallest absolute Gasteiger partial charge is 0.218 e. The number of carbonyl (C=O) groups excluding carboxylic acids is 1. The van der Waals surface area contributed by atoms with Crippen molar-refractivity contribution in [1.82, 2.24) is 8.43 Å². The second-order valence-electron chi connectivity index (χ2n) is 4.81. The fourth-order valence-corrected chi connectivity index (χ4v) is 2.91. The summed E-state index contributed by atoms with van der Waals surface area (Å²) in [5.74, 6) is 0.587. The first-order valence-corrected chi connectivity index (χ1v) is 7.02. The number of nitrogens with one attached hydrogen (secondary N) is 1. The van der Waals surface area contributed by atoms with Gasteiger partial charge in [-0.3, -0.25) is 8.32 Å². The topological polar surface area (TPSA) is 58.4 Å². The molecule has 0 radical (unpaired) electrons. The van der Waals surface area contributed by atoms with E-state index in [-0.39, 0.29) is 5.91 Å². The van der Waals surface area contributed by atoms with Gasteiger partial charge < -0.3 is 10.6 Å². The second kappa shape index (κ2) is 7.45. The molecule has 0 unspecified atom stereocenters. The van der Waals surface area contributed by atoms with Gasteiger partial charge in [-0.05, 0) is 38.6 Å². The molecule has 0 atom stereocenters. The van der Waals surface area contributed by atoms with Crippen LogP contribution in [-0.2, 0) is 4.79 Å². The minimum atomic E-state index is -0.204. The van der Waals surface area contributed by atoms with E-state index in [0.29, 0.717) is 12.5 Å². The maximum atomic E-state index is 10.7. The highest BCUT2D eigenvalue weighted by molar-refractivity contribution is 14.1. The van der Waals surface area contributed by atoms with Gasteiger partial charge >= 0.3 is 0 Å². The van der Waals surface area contributed by atoms with Crippen LogP contribution < -0.4 is 9.26 Å². The van der Waals surface area contributed by atoms with Gasteiger partial charge in [-0.25, -0.2) is 0 Å². The molecule has 3 N–H and O–H groups in total. The fraction of sp³-hybridized carbons (Fsp3) is 0.909. The van der Waals surface area contributed by atoms with Crippen molar-refractivity contribution >= 4 is 28.8 Å². The zero-order chi connectivity index (χ0) is 12.0. The number of nitrogens with zero attached hydrogens (tertiary/aromatic N) is 1. The molecule has 0 heterocycles. The van der Waals surface area contributed by atoms with E-state index < -0.39 is 0 Å². The summed E-state index contributed by atoms with van der Waals surface area (Å²) in [6.07, 6.45) is 5.61. The highest BCUT2D eigenvalue weighted by atomic mass is 127.